The number of likely N-dealkylation sites (tertiary alicyclic amines) is 2. The Bertz CT molecular complexity index is 1080. The third-order valence-corrected chi connectivity index (χ3v) is 7.34. The molecule has 2 saturated heterocycles. The number of ether oxygens (including phenoxy) is 2. The monoisotopic (exact) mass is 468 g/mol. The van der Waals surface area contributed by atoms with Crippen LogP contribution in [0.1, 0.15) is 66.6 Å². The highest BCUT2D eigenvalue weighted by Crippen LogP contribution is 2.41. The molecule has 0 saturated carbocycles. The van der Waals surface area contributed by atoms with E-state index in [4.69, 9.17) is 9.47 Å². The van der Waals surface area contributed by atoms with Gasteiger partial charge < -0.3 is 19.3 Å². The number of aromatic nitrogens is 2. The fourth-order valence-electron chi connectivity index (χ4n) is 5.05. The summed E-state index contributed by atoms with van der Waals surface area (Å²) in [6.45, 7) is 9.11. The van der Waals surface area contributed by atoms with Gasteiger partial charge in [-0.2, -0.15) is 5.10 Å². The van der Waals surface area contributed by atoms with Gasteiger partial charge in [0, 0.05) is 38.6 Å². The number of carbonyl (C=O) groups excluding carboxylic acids is 2. The lowest BCUT2D eigenvalue weighted by Gasteiger charge is -2.39. The van der Waals surface area contributed by atoms with E-state index in [2.05, 4.69) is 25.9 Å². The molecular weight excluding hydrogens is 432 g/mol. The van der Waals surface area contributed by atoms with E-state index in [0.717, 1.165) is 38.0 Å². The molecule has 2 aliphatic heterocycles. The van der Waals surface area contributed by atoms with Gasteiger partial charge in [-0.15, -0.1) is 0 Å². The number of aryl methyl sites for hydroxylation is 1. The second-order valence-corrected chi connectivity index (χ2v) is 10.6. The predicted molar refractivity (Wildman–Crippen MR) is 130 cm³/mol. The van der Waals surface area contributed by atoms with E-state index in [1.165, 1.54) is 0 Å². The Morgan fingerprint density at radius 1 is 0.941 bits per heavy atom. The Labute approximate surface area is 201 Å². The largest absolute Gasteiger partial charge is 0.497 e. The van der Waals surface area contributed by atoms with Crippen molar-refractivity contribution in [1.82, 2.24) is 19.6 Å². The van der Waals surface area contributed by atoms with Crippen LogP contribution < -0.4 is 9.47 Å². The topological polar surface area (TPSA) is 76.9 Å². The van der Waals surface area contributed by atoms with Crippen molar-refractivity contribution >= 4 is 11.8 Å². The highest BCUT2D eigenvalue weighted by atomic mass is 16.5. The Morgan fingerprint density at radius 2 is 1.59 bits per heavy atom. The van der Waals surface area contributed by atoms with Crippen molar-refractivity contribution in [2.24, 2.45) is 12.5 Å². The van der Waals surface area contributed by atoms with Gasteiger partial charge in [0.1, 0.15) is 17.2 Å². The number of carbonyl (C=O) groups is 2. The maximum atomic E-state index is 13.3. The molecule has 0 radical (unpaired) electrons. The fraction of sp³-hybridized carbons (Fsp3) is 0.577. The van der Waals surface area contributed by atoms with E-state index in [0.29, 0.717) is 35.8 Å². The maximum absolute atomic E-state index is 13.3. The van der Waals surface area contributed by atoms with Gasteiger partial charge in [0.25, 0.3) is 11.8 Å². The lowest BCUT2D eigenvalue weighted by atomic mass is 9.77. The smallest absolute Gasteiger partial charge is 0.272 e. The normalized spacial score (nSPS) is 17.8. The SMILES string of the molecule is COc1ccc(OC)c(C(=O)N2CCC3(CC2)CCN(C(=O)c2cc(C(C)(C)C)nn2C)C3)c1. The molecule has 0 atom stereocenters. The lowest BCUT2D eigenvalue weighted by molar-refractivity contribution is 0.0560. The van der Waals surface area contributed by atoms with Crippen molar-refractivity contribution < 1.29 is 19.1 Å². The van der Waals surface area contributed by atoms with Gasteiger partial charge in [-0.1, -0.05) is 20.8 Å². The van der Waals surface area contributed by atoms with Crippen LogP contribution in [-0.2, 0) is 12.5 Å². The molecule has 4 rings (SSSR count). The number of hydrogen-bond acceptors (Lipinski definition) is 5. The summed E-state index contributed by atoms with van der Waals surface area (Å²) in [5.41, 5.74) is 2.04. The number of rotatable bonds is 4. The van der Waals surface area contributed by atoms with Gasteiger partial charge in [0.15, 0.2) is 0 Å². The van der Waals surface area contributed by atoms with Gasteiger partial charge in [0.2, 0.25) is 0 Å². The Kier molecular flexibility index (Phi) is 6.36. The van der Waals surface area contributed by atoms with Crippen LogP contribution in [0.3, 0.4) is 0 Å². The summed E-state index contributed by atoms with van der Waals surface area (Å²) in [4.78, 5) is 30.4. The number of nitrogens with zero attached hydrogens (tertiary/aromatic N) is 4. The number of piperidine rings is 1. The highest BCUT2D eigenvalue weighted by Gasteiger charge is 2.43. The van der Waals surface area contributed by atoms with Crippen LogP contribution in [-0.4, -0.2) is 71.8 Å². The van der Waals surface area contributed by atoms with Crippen molar-refractivity contribution in [2.75, 3.05) is 40.4 Å². The average Bonchev–Trinajstić information content (AvgIpc) is 3.42. The van der Waals surface area contributed by atoms with Gasteiger partial charge >= 0.3 is 0 Å². The molecule has 184 valence electrons. The first-order chi connectivity index (χ1) is 16.1. The molecule has 34 heavy (non-hydrogen) atoms. The lowest BCUT2D eigenvalue weighted by Crippen LogP contribution is -2.44. The van der Waals surface area contributed by atoms with Crippen LogP contribution in [0.2, 0.25) is 0 Å². The van der Waals surface area contributed by atoms with Crippen LogP contribution in [0.4, 0.5) is 0 Å². The van der Waals surface area contributed by atoms with Crippen LogP contribution in [0, 0.1) is 5.41 Å². The molecule has 3 heterocycles. The Balaban J connectivity index is 1.42. The van der Waals surface area contributed by atoms with E-state index >= 15 is 0 Å². The molecule has 2 aromatic rings. The Morgan fingerprint density at radius 3 is 2.15 bits per heavy atom. The average molecular weight is 469 g/mol. The summed E-state index contributed by atoms with van der Waals surface area (Å²) in [5.74, 6) is 1.19. The van der Waals surface area contributed by atoms with Crippen molar-refractivity contribution in [2.45, 2.75) is 45.4 Å². The molecular formula is C26H36N4O4. The van der Waals surface area contributed by atoms with Crippen molar-refractivity contribution in [3.05, 3.63) is 41.2 Å². The quantitative estimate of drug-likeness (QED) is 0.686. The summed E-state index contributed by atoms with van der Waals surface area (Å²) < 4.78 is 12.4. The zero-order valence-electron chi connectivity index (χ0n) is 21.2. The molecule has 2 aliphatic rings. The minimum Gasteiger partial charge on any atom is -0.497 e. The number of benzene rings is 1. The van der Waals surface area contributed by atoms with Crippen molar-refractivity contribution in [3.8, 4) is 11.5 Å². The summed E-state index contributed by atoms with van der Waals surface area (Å²) >= 11 is 0. The van der Waals surface area contributed by atoms with Crippen LogP contribution in [0.25, 0.3) is 0 Å². The number of methoxy groups -OCH3 is 2. The molecule has 0 unspecified atom stereocenters. The predicted octanol–water partition coefficient (Wildman–Crippen LogP) is 3.50. The molecule has 8 nitrogen and oxygen atoms in total. The van der Waals surface area contributed by atoms with Gasteiger partial charge in [-0.3, -0.25) is 14.3 Å². The Hall–Kier alpha value is -3.03. The summed E-state index contributed by atoms with van der Waals surface area (Å²) in [6.07, 6.45) is 2.73. The first kappa shape index (κ1) is 24.1. The summed E-state index contributed by atoms with van der Waals surface area (Å²) in [6, 6.07) is 7.22. The van der Waals surface area contributed by atoms with Crippen LogP contribution in [0.15, 0.2) is 24.3 Å². The highest BCUT2D eigenvalue weighted by molar-refractivity contribution is 5.97. The minimum atomic E-state index is -0.104. The van der Waals surface area contributed by atoms with E-state index in [1.807, 2.05) is 22.9 Å². The first-order valence-corrected chi connectivity index (χ1v) is 11.9. The van der Waals surface area contributed by atoms with Gasteiger partial charge in [0.05, 0.1) is 25.5 Å². The third-order valence-electron chi connectivity index (χ3n) is 7.34. The molecule has 1 aromatic carbocycles. The summed E-state index contributed by atoms with van der Waals surface area (Å²) in [7, 11) is 5.00. The van der Waals surface area contributed by atoms with E-state index in [-0.39, 0.29) is 22.6 Å². The zero-order chi connectivity index (χ0) is 24.7. The standard InChI is InChI=1S/C26H36N4O4/c1-25(2,3)22-16-20(28(4)27-22)24(32)30-14-11-26(17-30)9-12-29(13-10-26)23(31)19-15-18(33-5)7-8-21(19)34-6/h7-8,15-16H,9-14,17H2,1-6H3. The zero-order valence-corrected chi connectivity index (χ0v) is 21.2. The van der Waals surface area contributed by atoms with E-state index < -0.39 is 0 Å². The maximum Gasteiger partial charge on any atom is 0.272 e. The number of hydrogen-bond donors (Lipinski definition) is 0. The van der Waals surface area contributed by atoms with E-state index in [1.54, 1.807) is 37.1 Å². The summed E-state index contributed by atoms with van der Waals surface area (Å²) in [5, 5.41) is 4.57. The molecule has 0 aliphatic carbocycles. The molecule has 0 N–H and O–H groups in total. The van der Waals surface area contributed by atoms with E-state index in [9.17, 15) is 9.59 Å². The second-order valence-electron chi connectivity index (χ2n) is 10.6. The molecule has 0 bridgehead atoms. The minimum absolute atomic E-state index is 0.0406. The van der Waals surface area contributed by atoms with Crippen molar-refractivity contribution in [1.29, 1.82) is 0 Å². The van der Waals surface area contributed by atoms with Gasteiger partial charge in [-0.05, 0) is 48.9 Å². The van der Waals surface area contributed by atoms with Crippen LogP contribution in [0.5, 0.6) is 11.5 Å². The molecule has 2 fully saturated rings. The van der Waals surface area contributed by atoms with Crippen LogP contribution >= 0.6 is 0 Å². The first-order valence-electron chi connectivity index (χ1n) is 11.9. The molecule has 2 amide bonds. The third kappa shape index (κ3) is 4.50. The van der Waals surface area contributed by atoms with Crippen molar-refractivity contribution in [3.63, 3.8) is 0 Å². The fourth-order valence-corrected chi connectivity index (χ4v) is 5.05. The molecule has 1 spiro atoms. The second kappa shape index (κ2) is 8.96. The van der Waals surface area contributed by atoms with Gasteiger partial charge in [-0.25, -0.2) is 0 Å². The molecule has 8 heteroatoms. The molecule has 1 aromatic heterocycles. The number of amides is 2.